The van der Waals surface area contributed by atoms with Crippen molar-refractivity contribution in [3.63, 3.8) is 0 Å². The molecular weight excluding hydrogens is 373 g/mol. The van der Waals surface area contributed by atoms with Gasteiger partial charge in [-0.25, -0.2) is 4.39 Å². The molecule has 0 spiro atoms. The van der Waals surface area contributed by atoms with Gasteiger partial charge in [0.05, 0.1) is 19.4 Å². The molecule has 0 radical (unpaired) electrons. The van der Waals surface area contributed by atoms with Gasteiger partial charge in [-0.1, -0.05) is 18.2 Å². The van der Waals surface area contributed by atoms with E-state index in [1.54, 1.807) is 43.6 Å². The van der Waals surface area contributed by atoms with Crippen molar-refractivity contribution in [2.24, 2.45) is 0 Å². The molecule has 0 unspecified atom stereocenters. The fourth-order valence-corrected chi connectivity index (χ4v) is 2.92. The normalized spacial score (nSPS) is 10.7. The van der Waals surface area contributed by atoms with Gasteiger partial charge in [0.1, 0.15) is 11.6 Å². The first-order valence-corrected chi connectivity index (χ1v) is 9.14. The Balaban J connectivity index is 1.68. The van der Waals surface area contributed by atoms with Crippen LogP contribution in [0.3, 0.4) is 0 Å². The fraction of sp³-hybridized carbons (Fsp3) is 0.182. The molecule has 0 bridgehead atoms. The van der Waals surface area contributed by atoms with Crippen LogP contribution in [0.5, 0.6) is 0 Å². The van der Waals surface area contributed by atoms with E-state index in [4.69, 9.17) is 4.42 Å². The summed E-state index contributed by atoms with van der Waals surface area (Å²) in [6.45, 7) is 1.00. The molecule has 0 aliphatic heterocycles. The van der Waals surface area contributed by atoms with Crippen LogP contribution in [-0.2, 0) is 17.9 Å². The molecule has 150 valence electrons. The highest BCUT2D eigenvalue weighted by Crippen LogP contribution is 2.13. The van der Waals surface area contributed by atoms with E-state index in [2.05, 4.69) is 10.6 Å². The van der Waals surface area contributed by atoms with Crippen LogP contribution < -0.4 is 10.6 Å². The number of amides is 2. The predicted molar refractivity (Wildman–Crippen MR) is 108 cm³/mol. The maximum absolute atomic E-state index is 13.3. The average molecular weight is 395 g/mol. The molecule has 2 amide bonds. The minimum Gasteiger partial charge on any atom is -0.468 e. The first-order valence-electron chi connectivity index (χ1n) is 9.14. The molecule has 1 aromatic heterocycles. The Morgan fingerprint density at radius 3 is 2.48 bits per heavy atom. The van der Waals surface area contributed by atoms with Crippen LogP contribution in [0.1, 0.15) is 21.7 Å². The third-order valence-electron chi connectivity index (χ3n) is 4.28. The lowest BCUT2D eigenvalue weighted by molar-refractivity contribution is -0.117. The van der Waals surface area contributed by atoms with Crippen molar-refractivity contribution in [1.29, 1.82) is 0 Å². The van der Waals surface area contributed by atoms with E-state index in [1.807, 2.05) is 23.1 Å². The van der Waals surface area contributed by atoms with Crippen LogP contribution >= 0.6 is 0 Å². The van der Waals surface area contributed by atoms with E-state index in [0.717, 1.165) is 11.3 Å². The summed E-state index contributed by atoms with van der Waals surface area (Å²) < 4.78 is 18.7. The SMILES string of the molecule is CNC(=O)c1ccc(CN(CC(=O)Nc2cccc(F)c2)Cc2ccco2)cc1. The monoisotopic (exact) mass is 395 g/mol. The molecule has 0 aliphatic carbocycles. The lowest BCUT2D eigenvalue weighted by Crippen LogP contribution is -2.32. The highest BCUT2D eigenvalue weighted by molar-refractivity contribution is 5.94. The second kappa shape index (κ2) is 9.66. The number of halogens is 1. The molecule has 0 aliphatic rings. The fourth-order valence-electron chi connectivity index (χ4n) is 2.92. The third-order valence-corrected chi connectivity index (χ3v) is 4.28. The molecule has 6 nitrogen and oxygen atoms in total. The van der Waals surface area contributed by atoms with Crippen LogP contribution in [0, 0.1) is 5.82 Å². The van der Waals surface area contributed by atoms with Crippen molar-refractivity contribution in [3.05, 3.63) is 89.6 Å². The molecule has 2 aromatic carbocycles. The Bertz CT molecular complexity index is 956. The summed E-state index contributed by atoms with van der Waals surface area (Å²) in [6, 6.07) is 16.6. The van der Waals surface area contributed by atoms with E-state index < -0.39 is 5.82 Å². The van der Waals surface area contributed by atoms with Gasteiger partial charge >= 0.3 is 0 Å². The first-order chi connectivity index (χ1) is 14.0. The maximum atomic E-state index is 13.3. The number of nitrogens with one attached hydrogen (secondary N) is 2. The molecular formula is C22H22FN3O3. The molecule has 0 saturated heterocycles. The molecule has 1 heterocycles. The van der Waals surface area contributed by atoms with Gasteiger partial charge in [-0.3, -0.25) is 14.5 Å². The number of benzene rings is 2. The number of furan rings is 1. The summed E-state index contributed by atoms with van der Waals surface area (Å²) >= 11 is 0. The Morgan fingerprint density at radius 2 is 1.83 bits per heavy atom. The largest absolute Gasteiger partial charge is 0.468 e. The van der Waals surface area contributed by atoms with E-state index in [9.17, 15) is 14.0 Å². The first kappa shape index (κ1) is 20.3. The van der Waals surface area contributed by atoms with Crippen LogP contribution in [0.4, 0.5) is 10.1 Å². The maximum Gasteiger partial charge on any atom is 0.251 e. The molecule has 29 heavy (non-hydrogen) atoms. The quantitative estimate of drug-likeness (QED) is 0.613. The summed E-state index contributed by atoms with van der Waals surface area (Å²) in [5.41, 5.74) is 1.92. The van der Waals surface area contributed by atoms with Gasteiger partial charge in [0, 0.05) is 24.8 Å². The summed E-state index contributed by atoms with van der Waals surface area (Å²) in [5, 5.41) is 5.29. The topological polar surface area (TPSA) is 74.6 Å². The van der Waals surface area contributed by atoms with Gasteiger partial charge in [-0.15, -0.1) is 0 Å². The molecule has 0 atom stereocenters. The highest BCUT2D eigenvalue weighted by atomic mass is 19.1. The Hall–Kier alpha value is -3.45. The van der Waals surface area contributed by atoms with Crippen molar-refractivity contribution in [2.45, 2.75) is 13.1 Å². The zero-order chi connectivity index (χ0) is 20.6. The number of rotatable bonds is 8. The highest BCUT2D eigenvalue weighted by Gasteiger charge is 2.14. The zero-order valence-electron chi connectivity index (χ0n) is 16.0. The molecule has 3 aromatic rings. The predicted octanol–water partition coefficient (Wildman–Crippen LogP) is 3.42. The molecule has 3 rings (SSSR count). The lowest BCUT2D eigenvalue weighted by Gasteiger charge is -2.21. The minimum absolute atomic E-state index is 0.0917. The number of carbonyl (C=O) groups is 2. The van der Waals surface area contributed by atoms with Gasteiger partial charge in [0.2, 0.25) is 5.91 Å². The van der Waals surface area contributed by atoms with Gasteiger partial charge in [-0.05, 0) is 48.0 Å². The number of carbonyl (C=O) groups excluding carboxylic acids is 2. The van der Waals surface area contributed by atoms with Crippen LogP contribution in [0.25, 0.3) is 0 Å². The Morgan fingerprint density at radius 1 is 1.03 bits per heavy atom. The van der Waals surface area contributed by atoms with Gasteiger partial charge in [-0.2, -0.15) is 0 Å². The standard InChI is InChI=1S/C22H22FN3O3/c1-24-22(28)17-9-7-16(8-10-17)13-26(14-20-6-3-11-29-20)15-21(27)25-19-5-2-4-18(23)12-19/h2-12H,13-15H2,1H3,(H,24,28)(H,25,27). The van der Waals surface area contributed by atoms with Gasteiger partial charge < -0.3 is 15.1 Å². The molecule has 0 fully saturated rings. The van der Waals surface area contributed by atoms with Crippen molar-refractivity contribution >= 4 is 17.5 Å². The molecule has 2 N–H and O–H groups in total. The zero-order valence-corrected chi connectivity index (χ0v) is 16.0. The number of nitrogens with zero attached hydrogens (tertiary/aromatic N) is 1. The summed E-state index contributed by atoms with van der Waals surface area (Å²) in [6.07, 6.45) is 1.58. The number of anilines is 1. The minimum atomic E-state index is -0.411. The van der Waals surface area contributed by atoms with E-state index in [1.165, 1.54) is 12.1 Å². The average Bonchev–Trinajstić information content (AvgIpc) is 3.21. The van der Waals surface area contributed by atoms with Crippen molar-refractivity contribution in [1.82, 2.24) is 10.2 Å². The smallest absolute Gasteiger partial charge is 0.251 e. The second-order valence-electron chi connectivity index (χ2n) is 6.56. The summed E-state index contributed by atoms with van der Waals surface area (Å²) in [5.74, 6) is -0.0976. The van der Waals surface area contributed by atoms with Crippen LogP contribution in [0.15, 0.2) is 71.3 Å². The summed E-state index contributed by atoms with van der Waals surface area (Å²) in [7, 11) is 1.58. The van der Waals surface area contributed by atoms with Crippen molar-refractivity contribution < 1.29 is 18.4 Å². The van der Waals surface area contributed by atoms with E-state index in [0.29, 0.717) is 24.3 Å². The van der Waals surface area contributed by atoms with Crippen molar-refractivity contribution in [3.8, 4) is 0 Å². The lowest BCUT2D eigenvalue weighted by atomic mass is 10.1. The van der Waals surface area contributed by atoms with E-state index in [-0.39, 0.29) is 18.4 Å². The second-order valence-corrected chi connectivity index (χ2v) is 6.56. The van der Waals surface area contributed by atoms with Gasteiger partial charge in [0.25, 0.3) is 5.91 Å². The number of hydrogen-bond donors (Lipinski definition) is 2. The molecule has 7 heteroatoms. The number of hydrogen-bond acceptors (Lipinski definition) is 4. The Labute approximate surface area is 168 Å². The van der Waals surface area contributed by atoms with Gasteiger partial charge in [0.15, 0.2) is 0 Å². The Kier molecular flexibility index (Phi) is 6.76. The third kappa shape index (κ3) is 6.02. The van der Waals surface area contributed by atoms with Crippen LogP contribution in [0.2, 0.25) is 0 Å². The van der Waals surface area contributed by atoms with Crippen molar-refractivity contribution in [2.75, 3.05) is 18.9 Å². The molecule has 0 saturated carbocycles. The van der Waals surface area contributed by atoms with E-state index >= 15 is 0 Å². The van der Waals surface area contributed by atoms with Crippen LogP contribution in [-0.4, -0.2) is 30.3 Å². The summed E-state index contributed by atoms with van der Waals surface area (Å²) in [4.78, 5) is 26.1.